The van der Waals surface area contributed by atoms with Crippen LogP contribution in [0.3, 0.4) is 0 Å². The number of carbonyl (C=O) groups is 1. The van der Waals surface area contributed by atoms with Crippen LogP contribution in [0.15, 0.2) is 47.5 Å². The van der Waals surface area contributed by atoms with Gasteiger partial charge in [-0.05, 0) is 31.7 Å². The second-order valence-electron chi connectivity index (χ2n) is 8.63. The lowest BCUT2D eigenvalue weighted by molar-refractivity contribution is -0.120. The number of aryl methyl sites for hydroxylation is 2. The van der Waals surface area contributed by atoms with Gasteiger partial charge >= 0.3 is 0 Å². The van der Waals surface area contributed by atoms with E-state index in [1.54, 1.807) is 23.0 Å². The molecule has 1 unspecified atom stereocenters. The van der Waals surface area contributed by atoms with Gasteiger partial charge in [0.1, 0.15) is 6.04 Å². The molecule has 10 nitrogen and oxygen atoms in total. The highest BCUT2D eigenvalue weighted by Crippen LogP contribution is 2.32. The normalized spacial score (nSPS) is 14.8. The molecule has 0 aromatic carbocycles. The first-order valence-electron chi connectivity index (χ1n) is 11.7. The van der Waals surface area contributed by atoms with E-state index < -0.39 is 11.6 Å². The molecule has 3 heterocycles. The van der Waals surface area contributed by atoms with E-state index in [1.165, 1.54) is 16.9 Å². The molecule has 1 aliphatic carbocycles. The minimum Gasteiger partial charge on any atom is -0.437 e. The molecule has 1 aliphatic rings. The summed E-state index contributed by atoms with van der Waals surface area (Å²) < 4.78 is 8.57. The summed E-state index contributed by atoms with van der Waals surface area (Å²) in [5.41, 5.74) is 0.377. The number of amides is 1. The van der Waals surface area contributed by atoms with Gasteiger partial charge in [0.2, 0.25) is 5.88 Å². The molecule has 0 bridgehead atoms. The van der Waals surface area contributed by atoms with E-state index in [-0.39, 0.29) is 18.3 Å². The molecule has 2 N–H and O–H groups in total. The van der Waals surface area contributed by atoms with Crippen LogP contribution in [-0.4, -0.2) is 42.2 Å². The van der Waals surface area contributed by atoms with Crippen molar-refractivity contribution in [3.63, 3.8) is 0 Å². The number of carbonyl (C=O) groups excluding carboxylic acids is 1. The van der Waals surface area contributed by atoms with Crippen molar-refractivity contribution in [3.8, 4) is 11.6 Å². The second kappa shape index (κ2) is 11.1. The van der Waals surface area contributed by atoms with Crippen molar-refractivity contribution in [2.75, 3.05) is 11.9 Å². The largest absolute Gasteiger partial charge is 0.437 e. The molecule has 0 spiro atoms. The first-order chi connectivity index (χ1) is 16.5. The van der Waals surface area contributed by atoms with Crippen LogP contribution in [-0.2, 0) is 11.3 Å². The highest BCUT2D eigenvalue weighted by atomic mass is 16.5. The highest BCUT2D eigenvalue weighted by Gasteiger charge is 2.29. The number of rotatable bonds is 10. The molecule has 34 heavy (non-hydrogen) atoms. The van der Waals surface area contributed by atoms with Gasteiger partial charge in [-0.25, -0.2) is 9.67 Å². The topological polar surface area (TPSA) is 124 Å². The van der Waals surface area contributed by atoms with E-state index >= 15 is 0 Å². The predicted molar refractivity (Wildman–Crippen MR) is 126 cm³/mol. The monoisotopic (exact) mass is 466 g/mol. The van der Waals surface area contributed by atoms with Crippen LogP contribution >= 0.6 is 0 Å². The number of anilines is 1. The summed E-state index contributed by atoms with van der Waals surface area (Å²) in [4.78, 5) is 30.5. The Morgan fingerprint density at radius 1 is 1.29 bits per heavy atom. The third-order valence-corrected chi connectivity index (χ3v) is 5.95. The minimum atomic E-state index is -0.760. The molecule has 10 heteroatoms. The van der Waals surface area contributed by atoms with Crippen LogP contribution in [0.25, 0.3) is 0 Å². The van der Waals surface area contributed by atoms with Gasteiger partial charge in [-0.3, -0.25) is 14.3 Å². The molecule has 1 saturated carbocycles. The summed E-state index contributed by atoms with van der Waals surface area (Å²) in [6, 6.07) is 7.64. The maximum atomic E-state index is 13.2. The van der Waals surface area contributed by atoms with E-state index in [4.69, 9.17) is 9.84 Å². The molecule has 1 fully saturated rings. The summed E-state index contributed by atoms with van der Waals surface area (Å²) >= 11 is 0. The van der Waals surface area contributed by atoms with Crippen LogP contribution in [0.5, 0.6) is 11.6 Å². The van der Waals surface area contributed by atoms with Crippen molar-refractivity contribution >= 4 is 11.7 Å². The Hall–Kier alpha value is -3.53. The number of hydrogen-bond donors (Lipinski definition) is 2. The fraction of sp³-hybridized carbons (Fsp3) is 0.458. The fourth-order valence-corrected chi connectivity index (χ4v) is 4.26. The van der Waals surface area contributed by atoms with Crippen molar-refractivity contribution < 1.29 is 14.6 Å². The Balaban J connectivity index is 1.53. The number of pyridine rings is 1. The van der Waals surface area contributed by atoms with Crippen LogP contribution in [0, 0.1) is 12.8 Å². The smallest absolute Gasteiger partial charge is 0.271 e. The summed E-state index contributed by atoms with van der Waals surface area (Å²) in [5, 5.41) is 20.4. The third-order valence-electron chi connectivity index (χ3n) is 5.95. The van der Waals surface area contributed by atoms with Gasteiger partial charge in [0, 0.05) is 43.2 Å². The van der Waals surface area contributed by atoms with Crippen LogP contribution in [0.1, 0.15) is 50.3 Å². The van der Waals surface area contributed by atoms with Crippen molar-refractivity contribution in [1.82, 2.24) is 24.5 Å². The Morgan fingerprint density at radius 3 is 2.85 bits per heavy atom. The number of hydrogen-bond acceptors (Lipinski definition) is 7. The van der Waals surface area contributed by atoms with E-state index in [0.29, 0.717) is 37.0 Å². The standard InChI is InChI=1S/C24H30N6O4/c1-17-6-4-9-22(26-17)34-19-15-23(32)30(25-16-19)20(14-18-7-2-3-8-18)24(33)27-21-10-12-29(28-21)11-5-13-31/h4,6,9-10,12,15-16,18,20,31H,2-3,5,7-8,11,13-14H2,1H3,(H,27,28,33). The summed E-state index contributed by atoms with van der Waals surface area (Å²) in [7, 11) is 0. The highest BCUT2D eigenvalue weighted by molar-refractivity contribution is 5.92. The van der Waals surface area contributed by atoms with Gasteiger partial charge < -0.3 is 15.2 Å². The third kappa shape index (κ3) is 6.07. The molecule has 3 aromatic rings. The van der Waals surface area contributed by atoms with E-state index in [9.17, 15) is 9.59 Å². The van der Waals surface area contributed by atoms with E-state index in [2.05, 4.69) is 20.5 Å². The lowest BCUT2D eigenvalue weighted by Crippen LogP contribution is -2.36. The summed E-state index contributed by atoms with van der Waals surface area (Å²) in [6.45, 7) is 2.47. The second-order valence-corrected chi connectivity index (χ2v) is 8.63. The number of aliphatic hydroxyl groups is 1. The van der Waals surface area contributed by atoms with Gasteiger partial charge in [-0.15, -0.1) is 0 Å². The predicted octanol–water partition coefficient (Wildman–Crippen LogP) is 3.08. The van der Waals surface area contributed by atoms with Crippen LogP contribution in [0.2, 0.25) is 0 Å². The molecular weight excluding hydrogens is 436 g/mol. The Labute approximate surface area is 197 Å². The Kier molecular flexibility index (Phi) is 7.69. The number of nitrogens with zero attached hydrogens (tertiary/aromatic N) is 5. The lowest BCUT2D eigenvalue weighted by atomic mass is 9.98. The van der Waals surface area contributed by atoms with Crippen LogP contribution < -0.4 is 15.6 Å². The van der Waals surface area contributed by atoms with Crippen molar-refractivity contribution in [2.45, 2.75) is 58.0 Å². The molecule has 180 valence electrons. The molecule has 0 aliphatic heterocycles. The van der Waals surface area contributed by atoms with E-state index in [1.807, 2.05) is 19.1 Å². The van der Waals surface area contributed by atoms with Crippen molar-refractivity contribution in [2.24, 2.45) is 5.92 Å². The first-order valence-corrected chi connectivity index (χ1v) is 11.7. The number of aliphatic hydroxyl groups excluding tert-OH is 1. The van der Waals surface area contributed by atoms with Gasteiger partial charge in [-0.1, -0.05) is 31.7 Å². The molecule has 0 radical (unpaired) electrons. The minimum absolute atomic E-state index is 0.0687. The number of ether oxygens (including phenoxy) is 1. The zero-order valence-electron chi connectivity index (χ0n) is 19.3. The lowest BCUT2D eigenvalue weighted by Gasteiger charge is -2.21. The number of nitrogens with one attached hydrogen (secondary N) is 1. The van der Waals surface area contributed by atoms with Gasteiger partial charge in [-0.2, -0.15) is 10.2 Å². The molecule has 4 rings (SSSR count). The molecular formula is C24H30N6O4. The summed E-state index contributed by atoms with van der Waals surface area (Å²) in [5.74, 6) is 1.07. The molecule has 1 atom stereocenters. The van der Waals surface area contributed by atoms with Crippen molar-refractivity contribution in [1.29, 1.82) is 0 Å². The zero-order chi connectivity index (χ0) is 23.9. The first kappa shape index (κ1) is 23.6. The van der Waals surface area contributed by atoms with Gasteiger partial charge in [0.05, 0.1) is 6.20 Å². The quantitative estimate of drug-likeness (QED) is 0.470. The van der Waals surface area contributed by atoms with Gasteiger partial charge in [0.15, 0.2) is 11.6 Å². The fourth-order valence-electron chi connectivity index (χ4n) is 4.26. The Morgan fingerprint density at radius 2 is 2.12 bits per heavy atom. The summed E-state index contributed by atoms with van der Waals surface area (Å²) in [6.07, 6.45) is 8.62. The Bertz CT molecular complexity index is 1170. The van der Waals surface area contributed by atoms with Gasteiger partial charge in [0.25, 0.3) is 11.5 Å². The molecule has 0 saturated heterocycles. The average Bonchev–Trinajstić information content (AvgIpc) is 3.48. The SMILES string of the molecule is Cc1cccc(Oc2cnn(C(CC3CCCC3)C(=O)Nc3ccn(CCCO)n3)c(=O)c2)n1. The zero-order valence-corrected chi connectivity index (χ0v) is 19.3. The maximum Gasteiger partial charge on any atom is 0.271 e. The molecule has 1 amide bonds. The number of aromatic nitrogens is 5. The molecule has 3 aromatic heterocycles. The van der Waals surface area contributed by atoms with Crippen LogP contribution in [0.4, 0.5) is 5.82 Å². The van der Waals surface area contributed by atoms with Crippen molar-refractivity contribution in [3.05, 3.63) is 58.8 Å². The van der Waals surface area contributed by atoms with E-state index in [0.717, 1.165) is 31.4 Å². The maximum absolute atomic E-state index is 13.2. The average molecular weight is 467 g/mol.